The lowest BCUT2D eigenvalue weighted by Crippen LogP contribution is -2.61. The normalized spacial score (nSPS) is 30.3. The Labute approximate surface area is 143 Å². The molecule has 1 aliphatic heterocycles. The molecule has 132 valence electrons. The molecule has 2 amide bonds. The van der Waals surface area contributed by atoms with Gasteiger partial charge in [0.1, 0.15) is 5.54 Å². The van der Waals surface area contributed by atoms with E-state index in [2.05, 4.69) is 17.3 Å². The van der Waals surface area contributed by atoms with Gasteiger partial charge in [0.25, 0.3) is 0 Å². The standard InChI is InChI=1S/C18H28N4O2/c1-14-6-8-18(9-7-14,20-15(2)23)17(24)22-12-3-5-16(22)13-21-11-4-10-19-21/h4,10-11,14,16H,3,5-9,12-13H2,1-2H3,(H,20,23)/t14?,16-,18?/m0/s1. The maximum atomic E-state index is 13.4. The summed E-state index contributed by atoms with van der Waals surface area (Å²) >= 11 is 0. The predicted octanol–water partition coefficient (Wildman–Crippen LogP) is 1.96. The number of nitrogens with one attached hydrogen (secondary N) is 1. The van der Waals surface area contributed by atoms with Crippen molar-refractivity contribution in [2.24, 2.45) is 5.92 Å². The highest BCUT2D eigenvalue weighted by Gasteiger charge is 2.46. The first-order valence-corrected chi connectivity index (χ1v) is 9.07. The SMILES string of the molecule is CC(=O)NC1(C(=O)N2CCC[C@H]2Cn2cccn2)CCC(C)CC1. The lowest BCUT2D eigenvalue weighted by Gasteiger charge is -2.42. The molecule has 0 unspecified atom stereocenters. The third-order valence-electron chi connectivity index (χ3n) is 5.55. The van der Waals surface area contributed by atoms with Crippen LogP contribution in [0.15, 0.2) is 18.5 Å². The first-order chi connectivity index (χ1) is 11.5. The third-order valence-corrected chi connectivity index (χ3v) is 5.55. The number of hydrogen-bond acceptors (Lipinski definition) is 3. The highest BCUT2D eigenvalue weighted by molar-refractivity contribution is 5.91. The Morgan fingerprint density at radius 1 is 1.29 bits per heavy atom. The Kier molecular flexibility index (Phi) is 4.92. The van der Waals surface area contributed by atoms with Crippen LogP contribution in [0.2, 0.25) is 0 Å². The van der Waals surface area contributed by atoms with Gasteiger partial charge in [0.15, 0.2) is 0 Å². The van der Waals surface area contributed by atoms with Gasteiger partial charge in [0.05, 0.1) is 12.6 Å². The molecule has 1 aromatic rings. The Balaban J connectivity index is 1.77. The van der Waals surface area contributed by atoms with E-state index in [9.17, 15) is 9.59 Å². The molecule has 3 rings (SSSR count). The smallest absolute Gasteiger partial charge is 0.248 e. The number of hydrogen-bond donors (Lipinski definition) is 1. The van der Waals surface area contributed by atoms with Crippen molar-refractivity contribution >= 4 is 11.8 Å². The molecule has 6 nitrogen and oxygen atoms in total. The number of nitrogens with zero attached hydrogens (tertiary/aromatic N) is 3. The van der Waals surface area contributed by atoms with Crippen LogP contribution in [0.4, 0.5) is 0 Å². The first-order valence-electron chi connectivity index (χ1n) is 9.07. The summed E-state index contributed by atoms with van der Waals surface area (Å²) in [6.45, 7) is 5.24. The van der Waals surface area contributed by atoms with E-state index >= 15 is 0 Å². The van der Waals surface area contributed by atoms with Crippen LogP contribution in [-0.2, 0) is 16.1 Å². The minimum Gasteiger partial charge on any atom is -0.342 e. The summed E-state index contributed by atoms with van der Waals surface area (Å²) in [6.07, 6.45) is 9.19. The fourth-order valence-corrected chi connectivity index (χ4v) is 4.18. The maximum Gasteiger partial charge on any atom is 0.248 e. The molecule has 0 radical (unpaired) electrons. The summed E-state index contributed by atoms with van der Waals surface area (Å²) in [5.74, 6) is 0.623. The van der Waals surface area contributed by atoms with Crippen molar-refractivity contribution in [1.82, 2.24) is 20.0 Å². The Morgan fingerprint density at radius 3 is 2.67 bits per heavy atom. The van der Waals surface area contributed by atoms with Gasteiger partial charge in [-0.2, -0.15) is 5.10 Å². The highest BCUT2D eigenvalue weighted by atomic mass is 16.2. The lowest BCUT2D eigenvalue weighted by molar-refractivity contribution is -0.144. The Hall–Kier alpha value is -1.85. The average Bonchev–Trinajstić information content (AvgIpc) is 3.21. The van der Waals surface area contributed by atoms with E-state index in [1.54, 1.807) is 6.20 Å². The van der Waals surface area contributed by atoms with E-state index in [1.807, 2.05) is 21.8 Å². The zero-order valence-corrected chi connectivity index (χ0v) is 14.7. The zero-order chi connectivity index (χ0) is 17.2. The quantitative estimate of drug-likeness (QED) is 0.916. The maximum absolute atomic E-state index is 13.4. The molecule has 0 bridgehead atoms. The Morgan fingerprint density at radius 2 is 2.04 bits per heavy atom. The molecule has 1 aromatic heterocycles. The van der Waals surface area contributed by atoms with Crippen LogP contribution in [0, 0.1) is 5.92 Å². The minimum atomic E-state index is -0.703. The second-order valence-corrected chi connectivity index (χ2v) is 7.47. The molecule has 1 saturated carbocycles. The van der Waals surface area contributed by atoms with Crippen molar-refractivity contribution in [1.29, 1.82) is 0 Å². The van der Waals surface area contributed by atoms with Crippen LogP contribution in [-0.4, -0.2) is 44.6 Å². The van der Waals surface area contributed by atoms with Crippen molar-refractivity contribution in [2.45, 2.75) is 70.5 Å². The molecule has 0 aromatic carbocycles. The molecular formula is C18H28N4O2. The largest absolute Gasteiger partial charge is 0.342 e. The molecule has 6 heteroatoms. The van der Waals surface area contributed by atoms with Crippen molar-refractivity contribution in [2.75, 3.05) is 6.54 Å². The summed E-state index contributed by atoms with van der Waals surface area (Å²) in [6, 6.07) is 2.07. The van der Waals surface area contributed by atoms with E-state index in [1.165, 1.54) is 6.92 Å². The number of likely N-dealkylation sites (tertiary alicyclic amines) is 1. The van der Waals surface area contributed by atoms with Crippen molar-refractivity contribution in [3.8, 4) is 0 Å². The highest BCUT2D eigenvalue weighted by Crippen LogP contribution is 2.35. The molecule has 2 fully saturated rings. The van der Waals surface area contributed by atoms with E-state index in [0.29, 0.717) is 5.92 Å². The molecule has 24 heavy (non-hydrogen) atoms. The fraction of sp³-hybridized carbons (Fsp3) is 0.722. The van der Waals surface area contributed by atoms with Gasteiger partial charge in [-0.1, -0.05) is 6.92 Å². The van der Waals surface area contributed by atoms with Gasteiger partial charge in [-0.05, 0) is 50.5 Å². The third kappa shape index (κ3) is 3.47. The Bertz CT molecular complexity index is 576. The summed E-state index contributed by atoms with van der Waals surface area (Å²) in [4.78, 5) is 27.1. The topological polar surface area (TPSA) is 67.2 Å². The molecule has 0 spiro atoms. The van der Waals surface area contributed by atoms with Gasteiger partial charge in [0.2, 0.25) is 11.8 Å². The van der Waals surface area contributed by atoms with Crippen LogP contribution in [0.1, 0.15) is 52.4 Å². The first kappa shape index (κ1) is 17.0. The van der Waals surface area contributed by atoms with Gasteiger partial charge in [-0.3, -0.25) is 14.3 Å². The molecule has 2 heterocycles. The molecule has 1 aliphatic carbocycles. The van der Waals surface area contributed by atoms with Gasteiger partial charge >= 0.3 is 0 Å². The number of carbonyl (C=O) groups is 2. The molecule has 2 aliphatic rings. The molecule has 1 atom stereocenters. The van der Waals surface area contributed by atoms with Crippen molar-refractivity contribution in [3.05, 3.63) is 18.5 Å². The van der Waals surface area contributed by atoms with Crippen LogP contribution in [0.3, 0.4) is 0 Å². The van der Waals surface area contributed by atoms with E-state index in [4.69, 9.17) is 0 Å². The monoisotopic (exact) mass is 332 g/mol. The van der Waals surface area contributed by atoms with Gasteiger partial charge in [0, 0.05) is 25.9 Å². The predicted molar refractivity (Wildman–Crippen MR) is 91.1 cm³/mol. The minimum absolute atomic E-state index is 0.110. The van der Waals surface area contributed by atoms with Gasteiger partial charge in [-0.15, -0.1) is 0 Å². The number of amides is 2. The van der Waals surface area contributed by atoms with Crippen LogP contribution < -0.4 is 5.32 Å². The summed E-state index contributed by atoms with van der Waals surface area (Å²) in [5, 5.41) is 7.29. The second-order valence-electron chi connectivity index (χ2n) is 7.47. The lowest BCUT2D eigenvalue weighted by atomic mass is 9.76. The fourth-order valence-electron chi connectivity index (χ4n) is 4.18. The summed E-state index contributed by atoms with van der Waals surface area (Å²) in [5.41, 5.74) is -0.703. The second kappa shape index (κ2) is 6.95. The van der Waals surface area contributed by atoms with Crippen LogP contribution in [0.5, 0.6) is 0 Å². The van der Waals surface area contributed by atoms with E-state index in [0.717, 1.165) is 51.6 Å². The molecule has 1 saturated heterocycles. The number of rotatable bonds is 4. The van der Waals surface area contributed by atoms with E-state index < -0.39 is 5.54 Å². The van der Waals surface area contributed by atoms with E-state index in [-0.39, 0.29) is 17.9 Å². The van der Waals surface area contributed by atoms with Gasteiger partial charge < -0.3 is 10.2 Å². The molecule has 1 N–H and O–H groups in total. The summed E-state index contributed by atoms with van der Waals surface area (Å²) in [7, 11) is 0. The zero-order valence-electron chi connectivity index (χ0n) is 14.7. The number of carbonyl (C=O) groups excluding carboxylic acids is 2. The number of aromatic nitrogens is 2. The van der Waals surface area contributed by atoms with Crippen molar-refractivity contribution < 1.29 is 9.59 Å². The van der Waals surface area contributed by atoms with Crippen LogP contribution >= 0.6 is 0 Å². The summed E-state index contributed by atoms with van der Waals surface area (Å²) < 4.78 is 1.89. The van der Waals surface area contributed by atoms with Crippen LogP contribution in [0.25, 0.3) is 0 Å². The molecular weight excluding hydrogens is 304 g/mol. The average molecular weight is 332 g/mol. The van der Waals surface area contributed by atoms with Crippen molar-refractivity contribution in [3.63, 3.8) is 0 Å². The van der Waals surface area contributed by atoms with Gasteiger partial charge in [-0.25, -0.2) is 0 Å².